The molecule has 0 atom stereocenters. The average molecular weight is 203 g/mol. The fourth-order valence-corrected chi connectivity index (χ4v) is 1.43. The molecule has 0 spiro atoms. The summed E-state index contributed by atoms with van der Waals surface area (Å²) in [6.07, 6.45) is 3.55. The van der Waals surface area contributed by atoms with Gasteiger partial charge in [0.05, 0.1) is 10.9 Å². The number of hydrogen-bond donors (Lipinski definition) is 1. The minimum absolute atomic E-state index is 0.339. The summed E-state index contributed by atoms with van der Waals surface area (Å²) in [7, 11) is 0. The van der Waals surface area contributed by atoms with E-state index in [9.17, 15) is 4.79 Å². The van der Waals surface area contributed by atoms with Crippen molar-refractivity contribution in [3.05, 3.63) is 36.2 Å². The Morgan fingerprint density at radius 1 is 1.40 bits per heavy atom. The van der Waals surface area contributed by atoms with Gasteiger partial charge in [0, 0.05) is 12.4 Å². The highest BCUT2D eigenvalue weighted by atomic mass is 16.1. The smallest absolute Gasteiger partial charge is 0.227 e. The minimum atomic E-state index is -0.667. The van der Waals surface area contributed by atoms with Crippen LogP contribution in [0.25, 0.3) is 5.52 Å². The predicted octanol–water partition coefficient (Wildman–Crippen LogP) is 1.10. The molecule has 1 amide bonds. The molecule has 15 heavy (non-hydrogen) atoms. The highest BCUT2D eigenvalue weighted by molar-refractivity contribution is 5.85. The van der Waals surface area contributed by atoms with Crippen LogP contribution in [0.15, 0.2) is 30.6 Å². The van der Waals surface area contributed by atoms with E-state index < -0.39 is 5.41 Å². The molecule has 2 heterocycles. The van der Waals surface area contributed by atoms with E-state index in [0.717, 1.165) is 11.1 Å². The van der Waals surface area contributed by atoms with Gasteiger partial charge in [-0.05, 0) is 31.5 Å². The monoisotopic (exact) mass is 203 g/mol. The Labute approximate surface area is 87.7 Å². The van der Waals surface area contributed by atoms with E-state index in [2.05, 4.69) is 5.10 Å². The molecule has 0 fully saturated rings. The fraction of sp³-hybridized carbons (Fsp3) is 0.273. The van der Waals surface area contributed by atoms with Gasteiger partial charge < -0.3 is 5.73 Å². The average Bonchev–Trinajstić information content (AvgIpc) is 2.63. The number of pyridine rings is 1. The Hall–Kier alpha value is -1.84. The van der Waals surface area contributed by atoms with Crippen LogP contribution < -0.4 is 5.73 Å². The lowest BCUT2D eigenvalue weighted by Crippen LogP contribution is -2.35. The molecule has 0 saturated heterocycles. The van der Waals surface area contributed by atoms with Gasteiger partial charge >= 0.3 is 0 Å². The van der Waals surface area contributed by atoms with E-state index in [4.69, 9.17) is 5.73 Å². The van der Waals surface area contributed by atoms with Crippen molar-refractivity contribution in [2.75, 3.05) is 0 Å². The molecule has 2 rings (SSSR count). The van der Waals surface area contributed by atoms with E-state index in [1.807, 2.05) is 24.4 Å². The Morgan fingerprint density at radius 3 is 2.80 bits per heavy atom. The summed E-state index contributed by atoms with van der Waals surface area (Å²) < 4.78 is 1.74. The summed E-state index contributed by atoms with van der Waals surface area (Å²) in [5.41, 5.74) is 6.55. The van der Waals surface area contributed by atoms with Crippen molar-refractivity contribution in [2.45, 2.75) is 19.3 Å². The maximum Gasteiger partial charge on any atom is 0.227 e. The SMILES string of the molecule is CC(C)(C(N)=O)c1ccc2ccnn2c1. The summed E-state index contributed by atoms with van der Waals surface area (Å²) in [6, 6.07) is 5.73. The number of carbonyl (C=O) groups is 1. The van der Waals surface area contributed by atoms with Crippen molar-refractivity contribution >= 4 is 11.4 Å². The molecular formula is C11H13N3O. The van der Waals surface area contributed by atoms with Crippen LogP contribution in [0.2, 0.25) is 0 Å². The summed E-state index contributed by atoms with van der Waals surface area (Å²) in [5, 5.41) is 4.12. The summed E-state index contributed by atoms with van der Waals surface area (Å²) in [5.74, 6) is -0.339. The Bertz CT molecular complexity index is 513. The Balaban J connectivity index is 2.57. The number of nitrogens with two attached hydrogens (primary N) is 1. The number of fused-ring (bicyclic) bond motifs is 1. The van der Waals surface area contributed by atoms with Gasteiger partial charge in [-0.1, -0.05) is 6.07 Å². The molecule has 4 heteroatoms. The topological polar surface area (TPSA) is 60.4 Å². The van der Waals surface area contributed by atoms with Crippen molar-refractivity contribution in [3.8, 4) is 0 Å². The summed E-state index contributed by atoms with van der Waals surface area (Å²) in [6.45, 7) is 3.61. The van der Waals surface area contributed by atoms with Crippen molar-refractivity contribution in [1.82, 2.24) is 9.61 Å². The maximum absolute atomic E-state index is 11.3. The number of carbonyl (C=O) groups excluding carboxylic acids is 1. The normalized spacial score (nSPS) is 11.9. The maximum atomic E-state index is 11.3. The summed E-state index contributed by atoms with van der Waals surface area (Å²) in [4.78, 5) is 11.3. The largest absolute Gasteiger partial charge is 0.369 e. The zero-order chi connectivity index (χ0) is 11.1. The number of amides is 1. The Kier molecular flexibility index (Phi) is 2.00. The van der Waals surface area contributed by atoms with E-state index in [-0.39, 0.29) is 5.91 Å². The van der Waals surface area contributed by atoms with Crippen LogP contribution in [0, 0.1) is 0 Å². The van der Waals surface area contributed by atoms with Crippen LogP contribution in [-0.2, 0) is 10.2 Å². The van der Waals surface area contributed by atoms with Gasteiger partial charge in [-0.15, -0.1) is 0 Å². The molecule has 2 aromatic heterocycles. The van der Waals surface area contributed by atoms with E-state index in [1.165, 1.54) is 0 Å². The Morgan fingerprint density at radius 2 is 2.13 bits per heavy atom. The highest BCUT2D eigenvalue weighted by Gasteiger charge is 2.27. The molecule has 0 bridgehead atoms. The lowest BCUT2D eigenvalue weighted by Gasteiger charge is -2.20. The fourth-order valence-electron chi connectivity index (χ4n) is 1.43. The molecule has 0 aliphatic heterocycles. The van der Waals surface area contributed by atoms with E-state index >= 15 is 0 Å². The zero-order valence-electron chi connectivity index (χ0n) is 8.77. The predicted molar refractivity (Wildman–Crippen MR) is 57.4 cm³/mol. The second-order valence-electron chi connectivity index (χ2n) is 4.11. The first-order valence-electron chi connectivity index (χ1n) is 4.75. The molecule has 2 N–H and O–H groups in total. The molecule has 0 radical (unpaired) electrons. The zero-order valence-corrected chi connectivity index (χ0v) is 8.77. The van der Waals surface area contributed by atoms with Gasteiger partial charge in [0.1, 0.15) is 0 Å². The third-order valence-corrected chi connectivity index (χ3v) is 2.73. The molecule has 0 saturated carbocycles. The molecule has 0 aromatic carbocycles. The van der Waals surface area contributed by atoms with Gasteiger partial charge in [-0.2, -0.15) is 5.10 Å². The summed E-state index contributed by atoms with van der Waals surface area (Å²) >= 11 is 0. The molecule has 0 unspecified atom stereocenters. The molecule has 78 valence electrons. The molecule has 0 aliphatic carbocycles. The van der Waals surface area contributed by atoms with Crippen LogP contribution in [0.4, 0.5) is 0 Å². The van der Waals surface area contributed by atoms with E-state index in [1.54, 1.807) is 24.6 Å². The van der Waals surface area contributed by atoms with Crippen LogP contribution in [-0.4, -0.2) is 15.5 Å². The molecule has 0 aliphatic rings. The number of hydrogen-bond acceptors (Lipinski definition) is 2. The second kappa shape index (κ2) is 3.08. The van der Waals surface area contributed by atoms with Crippen molar-refractivity contribution in [2.24, 2.45) is 5.73 Å². The second-order valence-corrected chi connectivity index (χ2v) is 4.11. The van der Waals surface area contributed by atoms with Crippen molar-refractivity contribution in [3.63, 3.8) is 0 Å². The number of aromatic nitrogens is 2. The van der Waals surface area contributed by atoms with Crippen molar-refractivity contribution in [1.29, 1.82) is 0 Å². The van der Waals surface area contributed by atoms with Crippen LogP contribution >= 0.6 is 0 Å². The first kappa shape index (κ1) is 9.71. The van der Waals surface area contributed by atoms with Crippen LogP contribution in [0.5, 0.6) is 0 Å². The molecule has 4 nitrogen and oxygen atoms in total. The third-order valence-electron chi connectivity index (χ3n) is 2.73. The van der Waals surface area contributed by atoms with Gasteiger partial charge in [0.25, 0.3) is 0 Å². The van der Waals surface area contributed by atoms with Crippen LogP contribution in [0.3, 0.4) is 0 Å². The van der Waals surface area contributed by atoms with Gasteiger partial charge in [-0.3, -0.25) is 4.79 Å². The standard InChI is InChI=1S/C11H13N3O/c1-11(2,10(12)15)8-3-4-9-5-6-13-14(9)7-8/h3-7H,1-2H3,(H2,12,15). The highest BCUT2D eigenvalue weighted by Crippen LogP contribution is 2.22. The van der Waals surface area contributed by atoms with E-state index in [0.29, 0.717) is 0 Å². The number of nitrogens with zero attached hydrogens (tertiary/aromatic N) is 2. The quantitative estimate of drug-likeness (QED) is 0.794. The first-order chi connectivity index (χ1) is 7.01. The lowest BCUT2D eigenvalue weighted by atomic mass is 9.85. The number of primary amides is 1. The van der Waals surface area contributed by atoms with Crippen LogP contribution in [0.1, 0.15) is 19.4 Å². The molecule has 2 aromatic rings. The third kappa shape index (κ3) is 1.48. The van der Waals surface area contributed by atoms with Gasteiger partial charge in [0.2, 0.25) is 5.91 Å². The lowest BCUT2D eigenvalue weighted by molar-refractivity contribution is -0.122. The first-order valence-corrected chi connectivity index (χ1v) is 4.75. The minimum Gasteiger partial charge on any atom is -0.369 e. The van der Waals surface area contributed by atoms with Crippen molar-refractivity contribution < 1.29 is 4.79 Å². The van der Waals surface area contributed by atoms with Gasteiger partial charge in [0.15, 0.2) is 0 Å². The molecular weight excluding hydrogens is 190 g/mol. The number of rotatable bonds is 2. The van der Waals surface area contributed by atoms with Gasteiger partial charge in [-0.25, -0.2) is 4.52 Å².